The fourth-order valence-electron chi connectivity index (χ4n) is 3.79. The van der Waals surface area contributed by atoms with Crippen molar-refractivity contribution < 1.29 is 5.11 Å². The summed E-state index contributed by atoms with van der Waals surface area (Å²) < 4.78 is 4.42. The number of rotatable bonds is 6. The van der Waals surface area contributed by atoms with E-state index in [0.29, 0.717) is 35.0 Å². The molecular formula is C22H24ClN5O3. The molecule has 1 atom stereocenters. The van der Waals surface area contributed by atoms with Gasteiger partial charge in [-0.25, -0.2) is 9.78 Å². The molecular weight excluding hydrogens is 418 g/mol. The van der Waals surface area contributed by atoms with Crippen LogP contribution in [0.3, 0.4) is 0 Å². The molecule has 2 N–H and O–H groups in total. The van der Waals surface area contributed by atoms with E-state index in [1.807, 2.05) is 47.9 Å². The van der Waals surface area contributed by atoms with Crippen LogP contribution in [-0.4, -0.2) is 36.4 Å². The van der Waals surface area contributed by atoms with Crippen molar-refractivity contribution >= 4 is 22.8 Å². The number of halogens is 1. The average molecular weight is 442 g/mol. The van der Waals surface area contributed by atoms with Crippen LogP contribution in [0.4, 0.5) is 0 Å². The first kappa shape index (κ1) is 21.1. The molecule has 9 heteroatoms. The summed E-state index contributed by atoms with van der Waals surface area (Å²) in [6.07, 6.45) is 5.77. The Morgan fingerprint density at radius 2 is 2.06 bits per heavy atom. The van der Waals surface area contributed by atoms with E-state index in [0.717, 1.165) is 15.7 Å². The van der Waals surface area contributed by atoms with Gasteiger partial charge in [0, 0.05) is 38.5 Å². The number of imidazole rings is 1. The van der Waals surface area contributed by atoms with Gasteiger partial charge in [0.2, 0.25) is 0 Å². The third kappa shape index (κ3) is 3.96. The summed E-state index contributed by atoms with van der Waals surface area (Å²) in [6, 6.07) is 7.77. The molecule has 1 unspecified atom stereocenters. The highest BCUT2D eigenvalue weighted by Crippen LogP contribution is 2.24. The topological polar surface area (TPSA) is 94.1 Å². The summed E-state index contributed by atoms with van der Waals surface area (Å²) >= 11 is 6.02. The van der Waals surface area contributed by atoms with Crippen molar-refractivity contribution in [2.45, 2.75) is 32.5 Å². The number of aliphatic hydroxyl groups excluding tert-OH is 1. The number of hydrogen-bond donors (Lipinski definition) is 2. The van der Waals surface area contributed by atoms with Crippen molar-refractivity contribution in [3.05, 3.63) is 74.1 Å². The van der Waals surface area contributed by atoms with Gasteiger partial charge in [0.25, 0.3) is 5.56 Å². The zero-order valence-electron chi connectivity index (χ0n) is 17.4. The van der Waals surface area contributed by atoms with Gasteiger partial charge in [-0.2, -0.15) is 0 Å². The number of benzene rings is 1. The molecule has 0 aliphatic carbocycles. The summed E-state index contributed by atoms with van der Waals surface area (Å²) in [4.78, 5) is 30.9. The minimum absolute atomic E-state index is 0.106. The van der Waals surface area contributed by atoms with Crippen molar-refractivity contribution in [3.8, 4) is 11.4 Å². The molecule has 0 radical (unpaired) electrons. The van der Waals surface area contributed by atoms with Gasteiger partial charge in [-0.05, 0) is 25.5 Å². The van der Waals surface area contributed by atoms with E-state index in [1.165, 1.54) is 4.57 Å². The zero-order chi connectivity index (χ0) is 22.1. The van der Waals surface area contributed by atoms with Gasteiger partial charge >= 0.3 is 5.69 Å². The monoisotopic (exact) mass is 441 g/mol. The zero-order valence-corrected chi connectivity index (χ0v) is 18.1. The highest BCUT2D eigenvalue weighted by Gasteiger charge is 2.23. The van der Waals surface area contributed by atoms with Crippen LogP contribution in [0.1, 0.15) is 12.0 Å². The molecule has 0 bridgehead atoms. The molecule has 1 aromatic carbocycles. The standard InChI is InChI=1S/C22H24ClN5O3/c1-14-5-3-6-15(11-14)19-25-20-18(28(19)13-17-8-7-16(23)12-24-17)21(30)27(9-4-10-29)22(31)26(20)2/h3,5-8,11-12,17,24,29H,4,9-10,13H2,1-2H3. The largest absolute Gasteiger partial charge is 0.396 e. The Bertz CT molecular complexity index is 1320. The average Bonchev–Trinajstić information content (AvgIpc) is 3.13. The molecule has 0 saturated heterocycles. The number of aromatic nitrogens is 4. The van der Waals surface area contributed by atoms with Crippen LogP contribution in [-0.2, 0) is 20.1 Å². The SMILES string of the molecule is Cc1cccc(-c2nc3c(c(=O)n(CCCO)c(=O)n3C)n2CC2C=CC(Cl)=CN2)c1. The van der Waals surface area contributed by atoms with Crippen LogP contribution in [0.15, 0.2) is 57.2 Å². The molecule has 4 rings (SSSR count). The molecule has 0 fully saturated rings. The van der Waals surface area contributed by atoms with Gasteiger partial charge < -0.3 is 15.0 Å². The van der Waals surface area contributed by atoms with Crippen LogP contribution >= 0.6 is 11.6 Å². The lowest BCUT2D eigenvalue weighted by atomic mass is 10.1. The fourth-order valence-corrected chi connectivity index (χ4v) is 3.92. The third-order valence-corrected chi connectivity index (χ3v) is 5.59. The smallest absolute Gasteiger partial charge is 0.332 e. The van der Waals surface area contributed by atoms with E-state index >= 15 is 0 Å². The van der Waals surface area contributed by atoms with E-state index in [1.54, 1.807) is 13.2 Å². The van der Waals surface area contributed by atoms with Crippen molar-refractivity contribution in [2.75, 3.05) is 6.61 Å². The highest BCUT2D eigenvalue weighted by molar-refractivity contribution is 6.31. The summed E-state index contributed by atoms with van der Waals surface area (Å²) in [5.74, 6) is 0.613. The molecule has 31 heavy (non-hydrogen) atoms. The van der Waals surface area contributed by atoms with Gasteiger partial charge in [0.1, 0.15) is 5.82 Å². The Hall–Kier alpha value is -3.10. The van der Waals surface area contributed by atoms with Gasteiger partial charge in [0.15, 0.2) is 11.2 Å². The maximum Gasteiger partial charge on any atom is 0.332 e. The van der Waals surface area contributed by atoms with Crippen LogP contribution in [0.25, 0.3) is 22.6 Å². The van der Waals surface area contributed by atoms with E-state index in [4.69, 9.17) is 16.6 Å². The summed E-state index contributed by atoms with van der Waals surface area (Å²) in [5.41, 5.74) is 1.75. The lowest BCUT2D eigenvalue weighted by Crippen LogP contribution is -2.40. The molecule has 3 aromatic rings. The first-order valence-electron chi connectivity index (χ1n) is 10.1. The summed E-state index contributed by atoms with van der Waals surface area (Å²) in [6.45, 7) is 2.45. The van der Waals surface area contributed by atoms with E-state index in [-0.39, 0.29) is 19.2 Å². The fraction of sp³-hybridized carbons (Fsp3) is 0.318. The van der Waals surface area contributed by atoms with Crippen molar-refractivity contribution in [3.63, 3.8) is 0 Å². The molecule has 8 nitrogen and oxygen atoms in total. The maximum atomic E-state index is 13.4. The lowest BCUT2D eigenvalue weighted by Gasteiger charge is -2.19. The second-order valence-electron chi connectivity index (χ2n) is 7.62. The lowest BCUT2D eigenvalue weighted by molar-refractivity contribution is 0.277. The normalized spacial score (nSPS) is 15.9. The van der Waals surface area contributed by atoms with Crippen LogP contribution in [0.2, 0.25) is 0 Å². The summed E-state index contributed by atoms with van der Waals surface area (Å²) in [7, 11) is 1.61. The Labute approximate surface area is 183 Å². The molecule has 3 heterocycles. The van der Waals surface area contributed by atoms with Gasteiger partial charge in [-0.3, -0.25) is 13.9 Å². The third-order valence-electron chi connectivity index (χ3n) is 5.35. The Morgan fingerprint density at radius 1 is 1.26 bits per heavy atom. The highest BCUT2D eigenvalue weighted by atomic mass is 35.5. The summed E-state index contributed by atoms with van der Waals surface area (Å²) in [5, 5.41) is 13.0. The number of allylic oxidation sites excluding steroid dienone is 2. The van der Waals surface area contributed by atoms with Crippen molar-refractivity contribution in [1.82, 2.24) is 24.0 Å². The van der Waals surface area contributed by atoms with Crippen LogP contribution in [0, 0.1) is 6.92 Å². The molecule has 0 amide bonds. The number of dihydropyridines is 1. The van der Waals surface area contributed by atoms with E-state index in [2.05, 4.69) is 5.32 Å². The number of fused-ring (bicyclic) bond motifs is 1. The molecule has 1 aliphatic heterocycles. The Kier molecular flexibility index (Phi) is 5.84. The quantitative estimate of drug-likeness (QED) is 0.609. The maximum absolute atomic E-state index is 13.4. The molecule has 0 saturated carbocycles. The molecule has 2 aromatic heterocycles. The number of nitrogens with one attached hydrogen (secondary N) is 1. The first-order chi connectivity index (χ1) is 14.9. The molecule has 1 aliphatic rings. The predicted octanol–water partition coefficient (Wildman–Crippen LogP) is 1.86. The van der Waals surface area contributed by atoms with E-state index in [9.17, 15) is 14.7 Å². The molecule has 0 spiro atoms. The minimum atomic E-state index is -0.447. The van der Waals surface area contributed by atoms with Gasteiger partial charge in [0.05, 0.1) is 11.1 Å². The van der Waals surface area contributed by atoms with Crippen LogP contribution < -0.4 is 16.6 Å². The molecule has 162 valence electrons. The minimum Gasteiger partial charge on any atom is -0.396 e. The second kappa shape index (κ2) is 8.56. The van der Waals surface area contributed by atoms with E-state index < -0.39 is 11.2 Å². The van der Waals surface area contributed by atoms with Crippen LogP contribution in [0.5, 0.6) is 0 Å². The predicted molar refractivity (Wildman–Crippen MR) is 121 cm³/mol. The second-order valence-corrected chi connectivity index (χ2v) is 8.06. The number of aliphatic hydroxyl groups is 1. The number of nitrogens with zero attached hydrogens (tertiary/aromatic N) is 4. The van der Waals surface area contributed by atoms with Gasteiger partial charge in [-0.1, -0.05) is 41.4 Å². The van der Waals surface area contributed by atoms with Crippen molar-refractivity contribution in [2.24, 2.45) is 7.05 Å². The van der Waals surface area contributed by atoms with Gasteiger partial charge in [-0.15, -0.1) is 0 Å². The number of hydrogen-bond acceptors (Lipinski definition) is 5. The number of aryl methyl sites for hydroxylation is 2. The van der Waals surface area contributed by atoms with Crippen molar-refractivity contribution in [1.29, 1.82) is 0 Å². The Morgan fingerprint density at radius 3 is 2.74 bits per heavy atom. The first-order valence-corrected chi connectivity index (χ1v) is 10.5. The Balaban J connectivity index is 1.97.